The second-order valence-corrected chi connectivity index (χ2v) is 6.03. The average molecular weight is 273 g/mol. The van der Waals surface area contributed by atoms with E-state index in [9.17, 15) is 13.2 Å². The van der Waals surface area contributed by atoms with E-state index < -0.39 is 10.0 Å². The van der Waals surface area contributed by atoms with Crippen LogP contribution in [0.3, 0.4) is 0 Å². The molecule has 1 N–H and O–H groups in total. The van der Waals surface area contributed by atoms with Gasteiger partial charge in [0.1, 0.15) is 10.6 Å². The van der Waals surface area contributed by atoms with E-state index in [1.54, 1.807) is 13.8 Å². The van der Waals surface area contributed by atoms with E-state index in [-0.39, 0.29) is 36.1 Å². The maximum absolute atomic E-state index is 12.4. The molecule has 0 atom stereocenters. The van der Waals surface area contributed by atoms with Gasteiger partial charge >= 0.3 is 0 Å². The summed E-state index contributed by atoms with van der Waals surface area (Å²) in [6.45, 7) is 3.91. The highest BCUT2D eigenvalue weighted by molar-refractivity contribution is 7.89. The lowest BCUT2D eigenvalue weighted by Gasteiger charge is -2.18. The molecular weight excluding hydrogens is 258 g/mol. The van der Waals surface area contributed by atoms with Gasteiger partial charge in [0, 0.05) is 26.1 Å². The van der Waals surface area contributed by atoms with Crippen molar-refractivity contribution in [3.63, 3.8) is 0 Å². The van der Waals surface area contributed by atoms with Crippen LogP contribution in [0.15, 0.2) is 9.42 Å². The lowest BCUT2D eigenvalue weighted by atomic mass is 10.4. The summed E-state index contributed by atoms with van der Waals surface area (Å²) in [4.78, 5) is 11.3. The van der Waals surface area contributed by atoms with Crippen LogP contribution in [0.1, 0.15) is 17.9 Å². The molecule has 0 spiro atoms. The first kappa shape index (κ1) is 13.0. The fourth-order valence-corrected chi connectivity index (χ4v) is 3.69. The van der Waals surface area contributed by atoms with E-state index in [2.05, 4.69) is 10.5 Å². The molecule has 18 heavy (non-hydrogen) atoms. The molecule has 0 unspecified atom stereocenters. The Morgan fingerprint density at radius 1 is 1.33 bits per heavy atom. The fraction of sp³-hybridized carbons (Fsp3) is 0.600. The molecule has 8 heteroatoms. The zero-order chi connectivity index (χ0) is 13.3. The average Bonchev–Trinajstić information content (AvgIpc) is 2.51. The summed E-state index contributed by atoms with van der Waals surface area (Å²) in [5, 5.41) is 6.29. The van der Waals surface area contributed by atoms with Gasteiger partial charge in [-0.3, -0.25) is 4.79 Å². The zero-order valence-electron chi connectivity index (χ0n) is 10.3. The van der Waals surface area contributed by atoms with Crippen molar-refractivity contribution in [2.75, 3.05) is 19.6 Å². The van der Waals surface area contributed by atoms with E-state index in [0.29, 0.717) is 12.2 Å². The van der Waals surface area contributed by atoms with E-state index in [0.717, 1.165) is 0 Å². The molecular formula is C10H15N3O4S. The Kier molecular flexibility index (Phi) is 3.40. The van der Waals surface area contributed by atoms with Crippen LogP contribution >= 0.6 is 0 Å². The maximum Gasteiger partial charge on any atom is 0.248 e. The Morgan fingerprint density at radius 3 is 2.67 bits per heavy atom. The second kappa shape index (κ2) is 4.69. The highest BCUT2D eigenvalue weighted by Crippen LogP contribution is 2.23. The molecule has 0 aromatic carbocycles. The normalized spacial score (nSPS) is 18.4. The predicted molar refractivity (Wildman–Crippen MR) is 62.4 cm³/mol. The molecule has 0 bridgehead atoms. The van der Waals surface area contributed by atoms with E-state index in [4.69, 9.17) is 4.52 Å². The minimum absolute atomic E-state index is 0.108. The molecule has 100 valence electrons. The maximum atomic E-state index is 12.4. The van der Waals surface area contributed by atoms with Crippen molar-refractivity contribution in [1.82, 2.24) is 14.8 Å². The number of nitrogens with one attached hydrogen (secondary N) is 1. The van der Waals surface area contributed by atoms with Gasteiger partial charge in [0.2, 0.25) is 15.9 Å². The van der Waals surface area contributed by atoms with Crippen molar-refractivity contribution in [3.8, 4) is 0 Å². The summed E-state index contributed by atoms with van der Waals surface area (Å²) in [5.41, 5.74) is 0.344. The largest absolute Gasteiger partial charge is 0.360 e. The zero-order valence-corrected chi connectivity index (χ0v) is 11.1. The molecule has 1 saturated heterocycles. The monoisotopic (exact) mass is 273 g/mol. The standard InChI is InChI=1S/C10H15N3O4S/c1-7-10(8(2)17-12-7)18(15,16)13-5-3-9(14)11-4-6-13/h3-6H2,1-2H3,(H,11,14). The fourth-order valence-electron chi connectivity index (χ4n) is 1.96. The van der Waals surface area contributed by atoms with Crippen molar-refractivity contribution < 1.29 is 17.7 Å². The molecule has 0 saturated carbocycles. The minimum Gasteiger partial charge on any atom is -0.360 e. The first-order valence-electron chi connectivity index (χ1n) is 5.62. The molecule has 1 aliphatic rings. The number of aryl methyl sites for hydroxylation is 2. The highest BCUT2D eigenvalue weighted by Gasteiger charge is 2.31. The Morgan fingerprint density at radius 2 is 2.06 bits per heavy atom. The number of rotatable bonds is 2. The molecule has 1 aromatic heterocycles. The lowest BCUT2D eigenvalue weighted by molar-refractivity contribution is -0.120. The van der Waals surface area contributed by atoms with Crippen LogP contribution in [0.25, 0.3) is 0 Å². The van der Waals surface area contributed by atoms with E-state index in [1.807, 2.05) is 0 Å². The third-order valence-electron chi connectivity index (χ3n) is 2.84. The predicted octanol–water partition coefficient (Wildman–Crippen LogP) is -0.198. The van der Waals surface area contributed by atoms with Gasteiger partial charge in [0.25, 0.3) is 0 Å². The summed E-state index contributed by atoms with van der Waals surface area (Å²) < 4.78 is 31.0. The molecule has 1 fully saturated rings. The SMILES string of the molecule is Cc1noc(C)c1S(=O)(=O)N1CCNC(=O)CC1. The lowest BCUT2D eigenvalue weighted by Crippen LogP contribution is -2.34. The number of carbonyl (C=O) groups is 1. The van der Waals surface area contributed by atoms with Crippen LogP contribution in [0, 0.1) is 13.8 Å². The molecule has 2 heterocycles. The van der Waals surface area contributed by atoms with Gasteiger partial charge in [0.05, 0.1) is 0 Å². The van der Waals surface area contributed by atoms with Gasteiger partial charge in [-0.15, -0.1) is 0 Å². The first-order valence-corrected chi connectivity index (χ1v) is 7.06. The molecule has 0 aliphatic carbocycles. The van der Waals surface area contributed by atoms with Gasteiger partial charge in [-0.25, -0.2) is 8.42 Å². The van der Waals surface area contributed by atoms with Gasteiger partial charge in [-0.05, 0) is 13.8 Å². The third-order valence-corrected chi connectivity index (χ3v) is 4.98. The molecule has 1 aromatic rings. The molecule has 0 radical (unpaired) electrons. The van der Waals surface area contributed by atoms with E-state index >= 15 is 0 Å². The van der Waals surface area contributed by atoms with Crippen LogP contribution in [0.4, 0.5) is 0 Å². The van der Waals surface area contributed by atoms with Crippen LogP contribution in [0.2, 0.25) is 0 Å². The summed E-state index contributed by atoms with van der Waals surface area (Å²) in [7, 11) is -3.64. The minimum atomic E-state index is -3.64. The van der Waals surface area contributed by atoms with Crippen LogP contribution in [0.5, 0.6) is 0 Å². The Hall–Kier alpha value is -1.41. The summed E-state index contributed by atoms with van der Waals surface area (Å²) in [6, 6.07) is 0. The third kappa shape index (κ3) is 2.25. The van der Waals surface area contributed by atoms with Gasteiger partial charge in [-0.1, -0.05) is 5.16 Å². The molecule has 2 rings (SSSR count). The Bertz CT molecular complexity index is 544. The van der Waals surface area contributed by atoms with Gasteiger partial charge < -0.3 is 9.84 Å². The van der Waals surface area contributed by atoms with Gasteiger partial charge in [-0.2, -0.15) is 4.31 Å². The van der Waals surface area contributed by atoms with Crippen molar-refractivity contribution in [2.24, 2.45) is 0 Å². The Balaban J connectivity index is 2.34. The molecule has 1 aliphatic heterocycles. The number of hydrogen-bond donors (Lipinski definition) is 1. The molecule has 7 nitrogen and oxygen atoms in total. The summed E-state index contributed by atoms with van der Waals surface area (Å²) in [5.74, 6) is 0.141. The number of amides is 1. The topological polar surface area (TPSA) is 92.5 Å². The highest BCUT2D eigenvalue weighted by atomic mass is 32.2. The summed E-state index contributed by atoms with van der Waals surface area (Å²) in [6.07, 6.45) is 0.169. The van der Waals surface area contributed by atoms with Crippen LogP contribution in [-0.2, 0) is 14.8 Å². The number of sulfonamides is 1. The smallest absolute Gasteiger partial charge is 0.248 e. The van der Waals surface area contributed by atoms with Crippen molar-refractivity contribution in [2.45, 2.75) is 25.2 Å². The first-order chi connectivity index (χ1) is 8.43. The second-order valence-electron chi connectivity index (χ2n) is 4.16. The molecule has 1 amide bonds. The Labute approximate surface area is 105 Å². The van der Waals surface area contributed by atoms with E-state index in [1.165, 1.54) is 4.31 Å². The number of nitrogens with zero attached hydrogens (tertiary/aromatic N) is 2. The van der Waals surface area contributed by atoms with Crippen molar-refractivity contribution >= 4 is 15.9 Å². The quantitative estimate of drug-likeness (QED) is 0.805. The number of hydrogen-bond acceptors (Lipinski definition) is 5. The van der Waals surface area contributed by atoms with Crippen molar-refractivity contribution in [3.05, 3.63) is 11.5 Å². The number of aromatic nitrogens is 1. The number of carbonyl (C=O) groups excluding carboxylic acids is 1. The summed E-state index contributed by atoms with van der Waals surface area (Å²) >= 11 is 0. The van der Waals surface area contributed by atoms with Crippen LogP contribution < -0.4 is 5.32 Å². The van der Waals surface area contributed by atoms with Gasteiger partial charge in [0.15, 0.2) is 5.76 Å². The van der Waals surface area contributed by atoms with Crippen LogP contribution in [-0.4, -0.2) is 43.4 Å². The van der Waals surface area contributed by atoms with Crippen molar-refractivity contribution in [1.29, 1.82) is 0 Å².